The van der Waals surface area contributed by atoms with Crippen LogP contribution in [0.2, 0.25) is 0 Å². The van der Waals surface area contributed by atoms with Gasteiger partial charge in [0, 0.05) is 33.1 Å². The van der Waals surface area contributed by atoms with E-state index in [-0.39, 0.29) is 18.5 Å². The van der Waals surface area contributed by atoms with E-state index in [9.17, 15) is 9.18 Å². The molecular formula is C9H16FN3O. The molecule has 2 N–H and O–H groups in total. The Balaban J connectivity index is 1.98. The molecule has 0 aromatic carbocycles. The molecule has 0 spiro atoms. The zero-order chi connectivity index (χ0) is 10.2. The molecule has 80 valence electrons. The highest BCUT2D eigenvalue weighted by atomic mass is 19.1. The fraction of sp³-hybridized carbons (Fsp3) is 0.889. The van der Waals surface area contributed by atoms with Gasteiger partial charge >= 0.3 is 0 Å². The van der Waals surface area contributed by atoms with Gasteiger partial charge in [0.25, 0.3) is 5.91 Å². The Morgan fingerprint density at radius 1 is 1.50 bits per heavy atom. The van der Waals surface area contributed by atoms with E-state index in [1.807, 2.05) is 0 Å². The van der Waals surface area contributed by atoms with E-state index in [4.69, 9.17) is 0 Å². The summed E-state index contributed by atoms with van der Waals surface area (Å²) in [6.45, 7) is 2.33. The second-order valence-electron chi connectivity index (χ2n) is 4.12. The van der Waals surface area contributed by atoms with Crippen LogP contribution < -0.4 is 10.6 Å². The van der Waals surface area contributed by atoms with E-state index in [1.54, 1.807) is 11.9 Å². The van der Waals surface area contributed by atoms with Gasteiger partial charge in [-0.25, -0.2) is 4.39 Å². The standard InChI is InChI=1S/C9H16FN3O/c1-13(7-4-12-5-7)8(14)9(10)2-3-11-6-9/h7,11-12H,2-6H2,1H3. The highest BCUT2D eigenvalue weighted by Crippen LogP contribution is 2.23. The molecule has 0 radical (unpaired) electrons. The van der Waals surface area contributed by atoms with Gasteiger partial charge in [-0.05, 0) is 6.54 Å². The van der Waals surface area contributed by atoms with Crippen molar-refractivity contribution in [2.75, 3.05) is 33.2 Å². The molecule has 0 saturated carbocycles. The Morgan fingerprint density at radius 2 is 2.21 bits per heavy atom. The quantitative estimate of drug-likeness (QED) is 0.609. The summed E-state index contributed by atoms with van der Waals surface area (Å²) >= 11 is 0. The van der Waals surface area contributed by atoms with Crippen LogP contribution in [0.1, 0.15) is 6.42 Å². The maximum Gasteiger partial charge on any atom is 0.261 e. The van der Waals surface area contributed by atoms with Gasteiger partial charge in [-0.15, -0.1) is 0 Å². The Kier molecular flexibility index (Phi) is 2.45. The van der Waals surface area contributed by atoms with Crippen molar-refractivity contribution in [3.8, 4) is 0 Å². The molecule has 5 heteroatoms. The Bertz CT molecular complexity index is 236. The van der Waals surface area contributed by atoms with Gasteiger partial charge in [-0.3, -0.25) is 4.79 Å². The lowest BCUT2D eigenvalue weighted by atomic mass is 10.0. The largest absolute Gasteiger partial charge is 0.337 e. The number of nitrogens with zero attached hydrogens (tertiary/aromatic N) is 1. The summed E-state index contributed by atoms with van der Waals surface area (Å²) in [5.74, 6) is -0.367. The molecule has 14 heavy (non-hydrogen) atoms. The van der Waals surface area contributed by atoms with E-state index in [0.717, 1.165) is 13.1 Å². The molecule has 1 amide bonds. The number of rotatable bonds is 2. The summed E-state index contributed by atoms with van der Waals surface area (Å²) in [6.07, 6.45) is 0.302. The van der Waals surface area contributed by atoms with Crippen LogP contribution in [-0.4, -0.2) is 55.7 Å². The average Bonchev–Trinajstić information content (AvgIpc) is 2.49. The third-order valence-corrected chi connectivity index (χ3v) is 3.11. The minimum absolute atomic E-state index is 0.163. The normalized spacial score (nSPS) is 32.7. The topological polar surface area (TPSA) is 44.4 Å². The monoisotopic (exact) mass is 201 g/mol. The van der Waals surface area contributed by atoms with Crippen LogP contribution in [-0.2, 0) is 4.79 Å². The van der Waals surface area contributed by atoms with E-state index >= 15 is 0 Å². The molecular weight excluding hydrogens is 185 g/mol. The Morgan fingerprint density at radius 3 is 2.64 bits per heavy atom. The zero-order valence-electron chi connectivity index (χ0n) is 8.35. The van der Waals surface area contributed by atoms with Crippen molar-refractivity contribution in [1.82, 2.24) is 15.5 Å². The van der Waals surface area contributed by atoms with Gasteiger partial charge in [0.2, 0.25) is 5.67 Å². The number of hydrogen-bond acceptors (Lipinski definition) is 3. The van der Waals surface area contributed by atoms with Crippen molar-refractivity contribution in [1.29, 1.82) is 0 Å². The molecule has 4 nitrogen and oxygen atoms in total. The summed E-state index contributed by atoms with van der Waals surface area (Å²) < 4.78 is 14.0. The summed E-state index contributed by atoms with van der Waals surface area (Å²) in [7, 11) is 1.69. The molecule has 2 aliphatic rings. The Hall–Kier alpha value is -0.680. The molecule has 1 unspecified atom stereocenters. The third kappa shape index (κ3) is 1.50. The molecule has 2 fully saturated rings. The summed E-state index contributed by atoms with van der Waals surface area (Å²) in [6, 6.07) is 0.177. The first-order valence-corrected chi connectivity index (χ1v) is 5.01. The molecule has 0 aromatic rings. The lowest BCUT2D eigenvalue weighted by Crippen LogP contribution is -2.61. The van der Waals surface area contributed by atoms with Crippen LogP contribution in [0.25, 0.3) is 0 Å². The fourth-order valence-electron chi connectivity index (χ4n) is 1.87. The third-order valence-electron chi connectivity index (χ3n) is 3.11. The maximum absolute atomic E-state index is 14.0. The number of halogens is 1. The molecule has 0 aromatic heterocycles. The number of carbonyl (C=O) groups excluding carboxylic acids is 1. The molecule has 0 bridgehead atoms. The predicted octanol–water partition coefficient (Wildman–Crippen LogP) is -0.882. The van der Waals surface area contributed by atoms with Crippen LogP contribution in [0.3, 0.4) is 0 Å². The molecule has 2 aliphatic heterocycles. The van der Waals surface area contributed by atoms with E-state index in [0.29, 0.717) is 13.0 Å². The minimum Gasteiger partial charge on any atom is -0.337 e. The molecule has 0 aliphatic carbocycles. The van der Waals surface area contributed by atoms with Gasteiger partial charge in [0.1, 0.15) is 0 Å². The number of carbonyl (C=O) groups is 1. The predicted molar refractivity (Wildman–Crippen MR) is 50.8 cm³/mol. The van der Waals surface area contributed by atoms with Crippen LogP contribution >= 0.6 is 0 Å². The summed E-state index contributed by atoms with van der Waals surface area (Å²) in [5, 5.41) is 5.95. The zero-order valence-corrected chi connectivity index (χ0v) is 8.35. The van der Waals surface area contributed by atoms with E-state index < -0.39 is 5.67 Å². The fourth-order valence-corrected chi connectivity index (χ4v) is 1.87. The van der Waals surface area contributed by atoms with Gasteiger partial charge < -0.3 is 15.5 Å². The number of nitrogens with one attached hydrogen (secondary N) is 2. The van der Waals surface area contributed by atoms with Crippen molar-refractivity contribution < 1.29 is 9.18 Å². The van der Waals surface area contributed by atoms with E-state index in [1.165, 1.54) is 0 Å². The van der Waals surface area contributed by atoms with Crippen molar-refractivity contribution >= 4 is 5.91 Å². The van der Waals surface area contributed by atoms with Gasteiger partial charge in [0.05, 0.1) is 6.04 Å². The van der Waals surface area contributed by atoms with Gasteiger partial charge in [-0.1, -0.05) is 0 Å². The number of alkyl halides is 1. The summed E-state index contributed by atoms with van der Waals surface area (Å²) in [5.41, 5.74) is -1.66. The molecule has 2 rings (SSSR count). The molecule has 2 heterocycles. The minimum atomic E-state index is -1.66. The highest BCUT2D eigenvalue weighted by Gasteiger charge is 2.45. The second kappa shape index (κ2) is 3.47. The van der Waals surface area contributed by atoms with Crippen LogP contribution in [0.15, 0.2) is 0 Å². The number of likely N-dealkylation sites (N-methyl/N-ethyl adjacent to an activating group) is 1. The smallest absolute Gasteiger partial charge is 0.261 e. The maximum atomic E-state index is 14.0. The second-order valence-corrected chi connectivity index (χ2v) is 4.12. The lowest BCUT2D eigenvalue weighted by Gasteiger charge is -2.38. The first kappa shape index (κ1) is 9.86. The van der Waals surface area contributed by atoms with Crippen LogP contribution in [0, 0.1) is 0 Å². The van der Waals surface area contributed by atoms with Crippen molar-refractivity contribution in [3.63, 3.8) is 0 Å². The van der Waals surface area contributed by atoms with Crippen LogP contribution in [0.4, 0.5) is 4.39 Å². The van der Waals surface area contributed by atoms with Gasteiger partial charge in [0.15, 0.2) is 0 Å². The lowest BCUT2D eigenvalue weighted by molar-refractivity contribution is -0.144. The van der Waals surface area contributed by atoms with Gasteiger partial charge in [-0.2, -0.15) is 0 Å². The first-order valence-electron chi connectivity index (χ1n) is 5.01. The number of amides is 1. The Labute approximate surface area is 82.8 Å². The van der Waals surface area contributed by atoms with Crippen molar-refractivity contribution in [3.05, 3.63) is 0 Å². The average molecular weight is 201 g/mol. The van der Waals surface area contributed by atoms with Crippen LogP contribution in [0.5, 0.6) is 0 Å². The van der Waals surface area contributed by atoms with Crippen molar-refractivity contribution in [2.45, 2.75) is 18.1 Å². The number of hydrogen-bond donors (Lipinski definition) is 2. The van der Waals surface area contributed by atoms with E-state index in [2.05, 4.69) is 10.6 Å². The SMILES string of the molecule is CN(C(=O)C1(F)CCNC1)C1CNC1. The summed E-state index contributed by atoms with van der Waals surface area (Å²) in [4.78, 5) is 13.3. The molecule has 1 atom stereocenters. The molecule has 2 saturated heterocycles. The highest BCUT2D eigenvalue weighted by molar-refractivity contribution is 5.86. The van der Waals surface area contributed by atoms with Crippen molar-refractivity contribution in [2.24, 2.45) is 0 Å². The first-order chi connectivity index (χ1) is 6.63.